The maximum atomic E-state index is 8.36. The second-order valence-electron chi connectivity index (χ2n) is 5.48. The van der Waals surface area contributed by atoms with Gasteiger partial charge < -0.3 is 19.4 Å². The van der Waals surface area contributed by atoms with Gasteiger partial charge in [0.1, 0.15) is 31.9 Å². The smallest absolute Gasteiger partial charge is 0.291 e. The zero-order valence-electron chi connectivity index (χ0n) is 14.4. The van der Waals surface area contributed by atoms with E-state index in [0.717, 1.165) is 0 Å². The van der Waals surface area contributed by atoms with Crippen molar-refractivity contribution in [2.45, 2.75) is 18.4 Å². The Morgan fingerprint density at radius 3 is 2.89 bits per heavy atom. The van der Waals surface area contributed by atoms with E-state index in [4.69, 9.17) is 59.2 Å². The minimum absolute atomic E-state index is 0.220. The molecule has 28 heavy (non-hydrogen) atoms. The molecule has 1 fully saturated rings. The van der Waals surface area contributed by atoms with E-state index in [2.05, 4.69) is 16.0 Å². The number of terminal acetylenes is 1. The number of benzene rings is 1. The highest BCUT2D eigenvalue weighted by Crippen LogP contribution is 2.40. The largest absolute Gasteiger partial charge is 0.366 e. The summed E-state index contributed by atoms with van der Waals surface area (Å²) >= 11 is 12.4. The molecule has 0 amide bonds. The van der Waals surface area contributed by atoms with Crippen molar-refractivity contribution in [2.24, 2.45) is 0 Å². The molecule has 1 aromatic carbocycles. The number of halogens is 2. The van der Waals surface area contributed by atoms with E-state index in [1.807, 2.05) is 0 Å². The van der Waals surface area contributed by atoms with Gasteiger partial charge in [0.05, 0.1) is 18.2 Å². The van der Waals surface area contributed by atoms with Crippen LogP contribution in [-0.4, -0.2) is 51.0 Å². The van der Waals surface area contributed by atoms with Crippen molar-refractivity contribution in [1.29, 1.82) is 0 Å². The van der Waals surface area contributed by atoms with E-state index in [1.54, 1.807) is 29.2 Å². The summed E-state index contributed by atoms with van der Waals surface area (Å²) in [6, 6.07) is 5.17. The minimum Gasteiger partial charge on any atom is -0.366 e. The fourth-order valence-electron chi connectivity index (χ4n) is 2.53. The Balaban J connectivity index is 0.000000640. The van der Waals surface area contributed by atoms with E-state index in [1.165, 1.54) is 6.33 Å². The normalized spacial score (nSPS) is 20.8. The monoisotopic (exact) mass is 430 g/mol. The summed E-state index contributed by atoms with van der Waals surface area (Å²) < 4.78 is 19.1. The predicted molar refractivity (Wildman–Crippen MR) is 97.4 cm³/mol. The van der Waals surface area contributed by atoms with E-state index in [-0.39, 0.29) is 12.7 Å². The van der Waals surface area contributed by atoms with Crippen LogP contribution in [0.25, 0.3) is 0 Å². The lowest BCUT2D eigenvalue weighted by molar-refractivity contribution is -0.742. The Kier molecular flexibility index (Phi) is 7.98. The number of ether oxygens (including phenoxy) is 3. The predicted octanol–water partition coefficient (Wildman–Crippen LogP) is 2.16. The van der Waals surface area contributed by atoms with Gasteiger partial charge in [0.25, 0.3) is 5.09 Å². The molecule has 1 aliphatic heterocycles. The standard InChI is InChI=1S/C16H15Cl2N3O3.HNO3/c1-2-5-22-7-13-8-23-16(24-13,9-21-11-19-10-20-21)14-4-3-12(17)6-15(14)18;2-1(3)4/h1,3-4,6,10-11,13H,5,7-9H2;(H,2,3,4)/t13-,16-;/m1./s1. The lowest BCUT2D eigenvalue weighted by atomic mass is 10.1. The van der Waals surface area contributed by atoms with Crippen molar-refractivity contribution in [3.8, 4) is 12.3 Å². The Bertz CT molecular complexity index is 825. The molecule has 0 aliphatic carbocycles. The highest BCUT2D eigenvalue weighted by molar-refractivity contribution is 6.35. The molecule has 0 spiro atoms. The molecule has 2 atom stereocenters. The van der Waals surface area contributed by atoms with Crippen molar-refractivity contribution < 1.29 is 24.5 Å². The van der Waals surface area contributed by atoms with Gasteiger partial charge in [0.2, 0.25) is 5.79 Å². The van der Waals surface area contributed by atoms with Crippen LogP contribution in [0.1, 0.15) is 5.56 Å². The first-order chi connectivity index (χ1) is 13.4. The summed E-state index contributed by atoms with van der Waals surface area (Å²) in [5, 5.41) is 18.7. The Morgan fingerprint density at radius 1 is 1.54 bits per heavy atom. The average molecular weight is 431 g/mol. The third-order valence-electron chi connectivity index (χ3n) is 3.53. The van der Waals surface area contributed by atoms with E-state index >= 15 is 0 Å². The molecular formula is C16H16Cl2N4O6. The van der Waals surface area contributed by atoms with Crippen LogP contribution in [0, 0.1) is 22.5 Å². The maximum Gasteiger partial charge on any atom is 0.291 e. The third-order valence-corrected chi connectivity index (χ3v) is 4.07. The number of nitrogens with zero attached hydrogens (tertiary/aromatic N) is 4. The zero-order chi connectivity index (χ0) is 20.6. The van der Waals surface area contributed by atoms with Crippen LogP contribution < -0.4 is 0 Å². The van der Waals surface area contributed by atoms with Crippen LogP contribution in [-0.2, 0) is 26.5 Å². The second kappa shape index (κ2) is 10.2. The molecule has 12 heteroatoms. The van der Waals surface area contributed by atoms with Crippen LogP contribution in [0.15, 0.2) is 30.9 Å². The molecule has 0 unspecified atom stereocenters. The van der Waals surface area contributed by atoms with Crippen LogP contribution in [0.5, 0.6) is 0 Å². The van der Waals surface area contributed by atoms with Gasteiger partial charge in [-0.25, -0.2) is 9.67 Å². The minimum atomic E-state index is -1.50. The van der Waals surface area contributed by atoms with Gasteiger partial charge in [0, 0.05) is 10.6 Å². The third kappa shape index (κ3) is 6.05. The molecule has 3 rings (SSSR count). The summed E-state index contributed by atoms with van der Waals surface area (Å²) in [7, 11) is 0. The van der Waals surface area contributed by atoms with Crippen LogP contribution in [0.3, 0.4) is 0 Å². The van der Waals surface area contributed by atoms with Crippen molar-refractivity contribution in [2.75, 3.05) is 19.8 Å². The molecule has 1 N–H and O–H groups in total. The van der Waals surface area contributed by atoms with Crippen molar-refractivity contribution in [3.05, 3.63) is 56.6 Å². The number of rotatable bonds is 6. The summed E-state index contributed by atoms with van der Waals surface area (Å²) in [6.07, 6.45) is 7.94. The molecule has 150 valence electrons. The Morgan fingerprint density at radius 2 is 2.29 bits per heavy atom. The molecule has 0 radical (unpaired) electrons. The first-order valence-electron chi connectivity index (χ1n) is 7.80. The quantitative estimate of drug-likeness (QED) is 0.320. The summed E-state index contributed by atoms with van der Waals surface area (Å²) in [5.74, 6) is 1.32. The molecule has 2 heterocycles. The van der Waals surface area contributed by atoms with Crippen LogP contribution >= 0.6 is 23.2 Å². The molecule has 0 saturated carbocycles. The van der Waals surface area contributed by atoms with Gasteiger partial charge in [-0.1, -0.05) is 35.2 Å². The fourth-order valence-corrected chi connectivity index (χ4v) is 3.08. The molecule has 0 bridgehead atoms. The number of aromatic nitrogens is 3. The highest BCUT2D eigenvalue weighted by Gasteiger charge is 2.45. The fraction of sp³-hybridized carbons (Fsp3) is 0.375. The van der Waals surface area contributed by atoms with Crippen molar-refractivity contribution in [3.63, 3.8) is 0 Å². The van der Waals surface area contributed by atoms with E-state index in [9.17, 15) is 0 Å². The molecule has 1 saturated heterocycles. The van der Waals surface area contributed by atoms with Gasteiger partial charge in [0.15, 0.2) is 0 Å². The lowest BCUT2D eigenvalue weighted by Crippen LogP contribution is -2.34. The SMILES string of the molecule is C#CCOC[C@@H]1CO[C@@](Cn2cncn2)(c2ccc(Cl)cc2Cl)O1.O=[N+]([O-])O. The number of hydrogen-bond acceptors (Lipinski definition) is 7. The summed E-state index contributed by atoms with van der Waals surface area (Å²) in [4.78, 5) is 12.3. The summed E-state index contributed by atoms with van der Waals surface area (Å²) in [6.45, 7) is 1.18. The van der Waals surface area contributed by atoms with Gasteiger partial charge in [-0.05, 0) is 12.1 Å². The summed E-state index contributed by atoms with van der Waals surface area (Å²) in [5.41, 5.74) is 0.670. The van der Waals surface area contributed by atoms with Gasteiger partial charge in [-0.15, -0.1) is 16.5 Å². The first kappa shape index (κ1) is 21.9. The maximum absolute atomic E-state index is 8.36. The Labute approximate surface area is 170 Å². The average Bonchev–Trinajstić information content (AvgIpc) is 3.26. The first-order valence-corrected chi connectivity index (χ1v) is 8.56. The zero-order valence-corrected chi connectivity index (χ0v) is 15.9. The van der Waals surface area contributed by atoms with E-state index in [0.29, 0.717) is 35.4 Å². The molecule has 1 aliphatic rings. The van der Waals surface area contributed by atoms with Gasteiger partial charge in [-0.3, -0.25) is 0 Å². The molecule has 2 aromatic rings. The number of hydrogen-bond donors (Lipinski definition) is 1. The van der Waals surface area contributed by atoms with E-state index < -0.39 is 10.9 Å². The second-order valence-corrected chi connectivity index (χ2v) is 6.32. The van der Waals surface area contributed by atoms with Crippen molar-refractivity contribution in [1.82, 2.24) is 14.8 Å². The van der Waals surface area contributed by atoms with Crippen LogP contribution in [0.2, 0.25) is 10.0 Å². The molecule has 1 aromatic heterocycles. The lowest BCUT2D eigenvalue weighted by Gasteiger charge is -2.29. The van der Waals surface area contributed by atoms with Crippen LogP contribution in [0.4, 0.5) is 0 Å². The highest BCUT2D eigenvalue weighted by atomic mass is 35.5. The Hall–Kier alpha value is -2.42. The van der Waals surface area contributed by atoms with Gasteiger partial charge >= 0.3 is 0 Å². The molecular weight excluding hydrogens is 415 g/mol. The van der Waals surface area contributed by atoms with Gasteiger partial charge in [-0.2, -0.15) is 5.10 Å². The van der Waals surface area contributed by atoms with Crippen molar-refractivity contribution >= 4 is 23.2 Å². The molecule has 10 nitrogen and oxygen atoms in total. The topological polar surface area (TPSA) is 122 Å².